The summed E-state index contributed by atoms with van der Waals surface area (Å²) in [5.41, 5.74) is 0.950. The van der Waals surface area contributed by atoms with Crippen LogP contribution in [0, 0.1) is 0 Å². The minimum absolute atomic E-state index is 0.400. The lowest BCUT2D eigenvalue weighted by Gasteiger charge is -2.16. The molecule has 0 aromatic heterocycles. The first-order chi connectivity index (χ1) is 7.61. The number of hydrogen-bond acceptors (Lipinski definition) is 1. The second kappa shape index (κ2) is 6.71. The van der Waals surface area contributed by atoms with Crippen LogP contribution in [0.25, 0.3) is 0 Å². The number of rotatable bonds is 4. The van der Waals surface area contributed by atoms with Crippen LogP contribution in [0.4, 0.5) is 5.69 Å². The molecule has 0 saturated carbocycles. The fourth-order valence-electron chi connectivity index (χ4n) is 1.43. The molecule has 0 heterocycles. The first kappa shape index (κ1) is 13.3. The van der Waals surface area contributed by atoms with Gasteiger partial charge in [0.2, 0.25) is 0 Å². The van der Waals surface area contributed by atoms with Gasteiger partial charge < -0.3 is 10.6 Å². The molecule has 1 unspecified atom stereocenters. The second-order valence-corrected chi connectivity index (χ2v) is 4.64. The fraction of sp³-hybridized carbons (Fsp3) is 0.417. The van der Waals surface area contributed by atoms with Gasteiger partial charge in [-0.25, -0.2) is 0 Å². The van der Waals surface area contributed by atoms with E-state index in [0.29, 0.717) is 11.2 Å². The molecule has 2 N–H and O–H groups in total. The van der Waals surface area contributed by atoms with Gasteiger partial charge in [-0.15, -0.1) is 0 Å². The molecule has 0 saturated heterocycles. The van der Waals surface area contributed by atoms with Crippen molar-refractivity contribution in [1.29, 1.82) is 0 Å². The Morgan fingerprint density at radius 1 is 1.38 bits per heavy atom. The Bertz CT molecular complexity index is 337. The summed E-state index contributed by atoms with van der Waals surface area (Å²) in [5, 5.41) is 7.73. The average molecular weight is 257 g/mol. The van der Waals surface area contributed by atoms with E-state index in [4.69, 9.17) is 23.8 Å². The molecule has 0 aliphatic heterocycles. The predicted octanol–water partition coefficient (Wildman–Crippen LogP) is 3.82. The molecule has 2 nitrogen and oxygen atoms in total. The van der Waals surface area contributed by atoms with E-state index < -0.39 is 0 Å². The standard InChI is InChI=1S/C12H17ClN2S/c1-3-4-9(2)14-12(16)15-11-7-5-10(13)6-8-11/h5-9H,3-4H2,1-2H3,(H2,14,15,16). The molecule has 0 fully saturated rings. The maximum absolute atomic E-state index is 5.80. The first-order valence-electron chi connectivity index (χ1n) is 5.45. The molecule has 0 bridgehead atoms. The van der Waals surface area contributed by atoms with Gasteiger partial charge in [-0.2, -0.15) is 0 Å². The zero-order valence-corrected chi connectivity index (χ0v) is 11.2. The first-order valence-corrected chi connectivity index (χ1v) is 6.23. The third-order valence-corrected chi connectivity index (χ3v) is 2.67. The third kappa shape index (κ3) is 4.81. The van der Waals surface area contributed by atoms with E-state index in [2.05, 4.69) is 24.5 Å². The summed E-state index contributed by atoms with van der Waals surface area (Å²) >= 11 is 11.0. The minimum Gasteiger partial charge on any atom is -0.360 e. The fourth-order valence-corrected chi connectivity index (χ4v) is 1.87. The molecular formula is C12H17ClN2S. The molecule has 1 aromatic rings. The lowest BCUT2D eigenvalue weighted by Crippen LogP contribution is -2.35. The molecule has 4 heteroatoms. The van der Waals surface area contributed by atoms with Crippen molar-refractivity contribution in [3.8, 4) is 0 Å². The molecule has 1 aromatic carbocycles. The van der Waals surface area contributed by atoms with Crippen LogP contribution in [0.15, 0.2) is 24.3 Å². The van der Waals surface area contributed by atoms with Crippen molar-refractivity contribution < 1.29 is 0 Å². The number of nitrogens with one attached hydrogen (secondary N) is 2. The van der Waals surface area contributed by atoms with Gasteiger partial charge in [-0.1, -0.05) is 24.9 Å². The van der Waals surface area contributed by atoms with E-state index in [0.717, 1.165) is 23.6 Å². The molecule has 1 atom stereocenters. The van der Waals surface area contributed by atoms with Crippen LogP contribution in [0.2, 0.25) is 5.02 Å². The van der Waals surface area contributed by atoms with Crippen molar-refractivity contribution in [3.05, 3.63) is 29.3 Å². The van der Waals surface area contributed by atoms with Crippen molar-refractivity contribution >= 4 is 34.6 Å². The Kier molecular flexibility index (Phi) is 5.56. The quantitative estimate of drug-likeness (QED) is 0.801. The largest absolute Gasteiger partial charge is 0.360 e. The Labute approximate surface area is 107 Å². The SMILES string of the molecule is CCCC(C)NC(=S)Nc1ccc(Cl)cc1. The van der Waals surface area contributed by atoms with E-state index in [9.17, 15) is 0 Å². The van der Waals surface area contributed by atoms with Crippen LogP contribution in [0.1, 0.15) is 26.7 Å². The summed E-state index contributed by atoms with van der Waals surface area (Å²) < 4.78 is 0. The Balaban J connectivity index is 2.42. The summed E-state index contributed by atoms with van der Waals surface area (Å²) in [4.78, 5) is 0. The predicted molar refractivity (Wildman–Crippen MR) is 75.2 cm³/mol. The highest BCUT2D eigenvalue weighted by molar-refractivity contribution is 7.80. The van der Waals surface area contributed by atoms with Gasteiger partial charge >= 0.3 is 0 Å². The Morgan fingerprint density at radius 3 is 2.56 bits per heavy atom. The molecule has 0 aliphatic rings. The van der Waals surface area contributed by atoms with Crippen molar-refractivity contribution in [2.75, 3.05) is 5.32 Å². The number of anilines is 1. The summed E-state index contributed by atoms with van der Waals surface area (Å²) in [6, 6.07) is 7.88. The lowest BCUT2D eigenvalue weighted by atomic mass is 10.2. The monoisotopic (exact) mass is 256 g/mol. The highest BCUT2D eigenvalue weighted by Crippen LogP contribution is 2.13. The van der Waals surface area contributed by atoms with E-state index in [1.54, 1.807) is 0 Å². The Morgan fingerprint density at radius 2 is 2.00 bits per heavy atom. The van der Waals surface area contributed by atoms with Crippen LogP contribution >= 0.6 is 23.8 Å². The van der Waals surface area contributed by atoms with Crippen LogP contribution in [0.5, 0.6) is 0 Å². The van der Waals surface area contributed by atoms with E-state index >= 15 is 0 Å². The summed E-state index contributed by atoms with van der Waals surface area (Å²) in [7, 11) is 0. The van der Waals surface area contributed by atoms with Gasteiger partial charge in [0.15, 0.2) is 5.11 Å². The van der Waals surface area contributed by atoms with Crippen molar-refractivity contribution in [1.82, 2.24) is 5.32 Å². The van der Waals surface area contributed by atoms with Gasteiger partial charge in [0.05, 0.1) is 0 Å². The summed E-state index contributed by atoms with van der Waals surface area (Å²) in [5.74, 6) is 0. The molecule has 0 spiro atoms. The zero-order valence-electron chi connectivity index (χ0n) is 9.59. The topological polar surface area (TPSA) is 24.1 Å². The smallest absolute Gasteiger partial charge is 0.170 e. The van der Waals surface area contributed by atoms with Gasteiger partial charge in [0, 0.05) is 16.8 Å². The number of hydrogen-bond donors (Lipinski definition) is 2. The highest BCUT2D eigenvalue weighted by Gasteiger charge is 2.02. The van der Waals surface area contributed by atoms with E-state index in [1.807, 2.05) is 24.3 Å². The van der Waals surface area contributed by atoms with Gasteiger partial charge in [-0.3, -0.25) is 0 Å². The van der Waals surface area contributed by atoms with Crippen molar-refractivity contribution in [3.63, 3.8) is 0 Å². The lowest BCUT2D eigenvalue weighted by molar-refractivity contribution is 0.599. The Hall–Kier alpha value is -0.800. The van der Waals surface area contributed by atoms with Gasteiger partial charge in [0.25, 0.3) is 0 Å². The maximum atomic E-state index is 5.80. The minimum atomic E-state index is 0.400. The third-order valence-electron chi connectivity index (χ3n) is 2.20. The average Bonchev–Trinajstić information content (AvgIpc) is 2.21. The van der Waals surface area contributed by atoms with E-state index in [1.165, 1.54) is 0 Å². The van der Waals surface area contributed by atoms with Crippen LogP contribution in [-0.4, -0.2) is 11.2 Å². The summed E-state index contributed by atoms with van der Waals surface area (Å²) in [6.45, 7) is 4.28. The van der Waals surface area contributed by atoms with Crippen molar-refractivity contribution in [2.24, 2.45) is 0 Å². The second-order valence-electron chi connectivity index (χ2n) is 3.80. The molecular weight excluding hydrogens is 240 g/mol. The molecule has 1 rings (SSSR count). The van der Waals surface area contributed by atoms with E-state index in [-0.39, 0.29) is 0 Å². The zero-order chi connectivity index (χ0) is 12.0. The van der Waals surface area contributed by atoms with Gasteiger partial charge in [-0.05, 0) is 49.8 Å². The number of thiocarbonyl (C=S) groups is 1. The van der Waals surface area contributed by atoms with Crippen LogP contribution < -0.4 is 10.6 Å². The highest BCUT2D eigenvalue weighted by atomic mass is 35.5. The molecule has 0 radical (unpaired) electrons. The van der Waals surface area contributed by atoms with Gasteiger partial charge in [0.1, 0.15) is 0 Å². The number of halogens is 1. The molecule has 16 heavy (non-hydrogen) atoms. The molecule has 0 amide bonds. The van der Waals surface area contributed by atoms with Crippen LogP contribution in [-0.2, 0) is 0 Å². The maximum Gasteiger partial charge on any atom is 0.170 e. The normalized spacial score (nSPS) is 11.9. The molecule has 88 valence electrons. The van der Waals surface area contributed by atoms with Crippen molar-refractivity contribution in [2.45, 2.75) is 32.7 Å². The molecule has 0 aliphatic carbocycles. The summed E-state index contributed by atoms with van der Waals surface area (Å²) in [6.07, 6.45) is 2.26. The van der Waals surface area contributed by atoms with Crippen LogP contribution in [0.3, 0.4) is 0 Å². The number of benzene rings is 1.